The van der Waals surface area contributed by atoms with Crippen LogP contribution in [0.15, 0.2) is 42.7 Å². The van der Waals surface area contributed by atoms with Crippen molar-refractivity contribution in [2.75, 3.05) is 5.32 Å². The number of alkyl halides is 3. The Morgan fingerprint density at radius 1 is 0.947 bits per heavy atom. The van der Waals surface area contributed by atoms with Gasteiger partial charge in [0.15, 0.2) is 0 Å². The predicted molar refractivity (Wildman–Crippen MR) is 65.6 cm³/mol. The molecule has 100 valence electrons. The monoisotopic (exact) mass is 267 g/mol. The molecule has 0 saturated carbocycles. The molecule has 1 N–H and O–H groups in total. The van der Waals surface area contributed by atoms with Gasteiger partial charge in [-0.2, -0.15) is 13.2 Å². The molecule has 3 nitrogen and oxygen atoms in total. The Labute approximate surface area is 108 Å². The van der Waals surface area contributed by atoms with Crippen LogP contribution in [-0.4, -0.2) is 16.1 Å². The minimum absolute atomic E-state index is 0.257. The van der Waals surface area contributed by atoms with E-state index in [1.165, 1.54) is 12.1 Å². The van der Waals surface area contributed by atoms with Crippen LogP contribution in [0, 0.1) is 0 Å². The van der Waals surface area contributed by atoms with E-state index >= 15 is 0 Å². The highest BCUT2D eigenvalue weighted by Gasteiger charge is 2.27. The Hall–Kier alpha value is -2.11. The summed E-state index contributed by atoms with van der Waals surface area (Å²) in [5.74, 6) is 0.488. The summed E-state index contributed by atoms with van der Waals surface area (Å²) in [5.41, 5.74) is 1.13. The molecule has 0 radical (unpaired) electrons. The second-order valence-electron chi connectivity index (χ2n) is 4.03. The quantitative estimate of drug-likeness (QED) is 0.924. The normalized spacial score (nSPS) is 11.3. The highest BCUT2D eigenvalue weighted by atomic mass is 19.4. The van der Waals surface area contributed by atoms with Crippen LogP contribution in [0.25, 0.3) is 0 Å². The van der Waals surface area contributed by atoms with E-state index in [0.29, 0.717) is 12.5 Å². The van der Waals surface area contributed by atoms with Gasteiger partial charge < -0.3 is 5.32 Å². The molecule has 0 atom stereocenters. The van der Waals surface area contributed by atoms with Crippen molar-refractivity contribution in [2.45, 2.75) is 19.1 Å². The zero-order chi connectivity index (χ0) is 13.7. The summed E-state index contributed by atoms with van der Waals surface area (Å²) in [6.45, 7) is 0.469. The molecule has 0 unspecified atom stereocenters. The second-order valence-corrected chi connectivity index (χ2v) is 4.03. The molecule has 0 spiro atoms. The van der Waals surface area contributed by atoms with E-state index in [1.54, 1.807) is 30.6 Å². The van der Waals surface area contributed by atoms with Crippen LogP contribution < -0.4 is 5.32 Å². The van der Waals surface area contributed by atoms with E-state index < -0.39 is 12.6 Å². The Balaban J connectivity index is 1.92. The van der Waals surface area contributed by atoms with E-state index in [2.05, 4.69) is 15.3 Å². The molecule has 1 aromatic carbocycles. The molecule has 0 amide bonds. The first kappa shape index (κ1) is 13.3. The van der Waals surface area contributed by atoms with Gasteiger partial charge >= 0.3 is 6.18 Å². The van der Waals surface area contributed by atoms with Gasteiger partial charge in [0.25, 0.3) is 0 Å². The highest BCUT2D eigenvalue weighted by Crippen LogP contribution is 2.21. The SMILES string of the molecule is FC(F)(F)Cc1ccc(CNc2ncccn2)cc1. The third kappa shape index (κ3) is 4.57. The number of nitrogens with zero attached hydrogens (tertiary/aromatic N) is 2. The lowest BCUT2D eigenvalue weighted by molar-refractivity contribution is -0.127. The molecule has 6 heteroatoms. The first-order valence-corrected chi connectivity index (χ1v) is 5.68. The Morgan fingerprint density at radius 2 is 1.53 bits per heavy atom. The van der Waals surface area contributed by atoms with E-state index in [1.807, 2.05) is 0 Å². The third-order valence-electron chi connectivity index (χ3n) is 2.44. The van der Waals surface area contributed by atoms with Crippen molar-refractivity contribution in [1.82, 2.24) is 9.97 Å². The zero-order valence-corrected chi connectivity index (χ0v) is 9.98. The Bertz CT molecular complexity index is 509. The lowest BCUT2D eigenvalue weighted by Gasteiger charge is -2.08. The van der Waals surface area contributed by atoms with Crippen LogP contribution in [-0.2, 0) is 13.0 Å². The molecule has 2 rings (SSSR count). The fraction of sp³-hybridized carbons (Fsp3) is 0.231. The van der Waals surface area contributed by atoms with Gasteiger partial charge in [0.2, 0.25) is 5.95 Å². The molecule has 1 aromatic heterocycles. The number of nitrogens with one attached hydrogen (secondary N) is 1. The summed E-state index contributed by atoms with van der Waals surface area (Å²) in [6.07, 6.45) is -1.84. The Morgan fingerprint density at radius 3 is 2.11 bits per heavy atom. The number of anilines is 1. The van der Waals surface area contributed by atoms with E-state index in [4.69, 9.17) is 0 Å². The van der Waals surface area contributed by atoms with Gasteiger partial charge in [-0.05, 0) is 17.2 Å². The largest absolute Gasteiger partial charge is 0.393 e. The average molecular weight is 267 g/mol. The maximum absolute atomic E-state index is 12.2. The van der Waals surface area contributed by atoms with Crippen molar-refractivity contribution >= 4 is 5.95 Å². The van der Waals surface area contributed by atoms with Crippen LogP contribution in [0.1, 0.15) is 11.1 Å². The number of halogens is 3. The molecule has 0 fully saturated rings. The second kappa shape index (κ2) is 5.69. The fourth-order valence-electron chi connectivity index (χ4n) is 1.58. The van der Waals surface area contributed by atoms with Crippen molar-refractivity contribution in [1.29, 1.82) is 0 Å². The number of hydrogen-bond acceptors (Lipinski definition) is 3. The first-order valence-electron chi connectivity index (χ1n) is 5.68. The highest BCUT2D eigenvalue weighted by molar-refractivity contribution is 5.28. The maximum Gasteiger partial charge on any atom is 0.393 e. The molecular weight excluding hydrogens is 255 g/mol. The van der Waals surface area contributed by atoms with Gasteiger partial charge in [-0.25, -0.2) is 9.97 Å². The van der Waals surface area contributed by atoms with E-state index in [9.17, 15) is 13.2 Å². The molecule has 0 aliphatic carbocycles. The summed E-state index contributed by atoms with van der Waals surface area (Å²) < 4.78 is 36.5. The molecule has 0 saturated heterocycles. The third-order valence-corrected chi connectivity index (χ3v) is 2.44. The smallest absolute Gasteiger partial charge is 0.350 e. The van der Waals surface area contributed by atoms with Crippen LogP contribution in [0.3, 0.4) is 0 Å². The number of aromatic nitrogens is 2. The van der Waals surface area contributed by atoms with Gasteiger partial charge in [0.1, 0.15) is 0 Å². The lowest BCUT2D eigenvalue weighted by Crippen LogP contribution is -2.11. The van der Waals surface area contributed by atoms with Crippen LogP contribution in [0.2, 0.25) is 0 Å². The summed E-state index contributed by atoms with van der Waals surface area (Å²) >= 11 is 0. The van der Waals surface area contributed by atoms with Gasteiger partial charge in [-0.1, -0.05) is 24.3 Å². The van der Waals surface area contributed by atoms with Crippen LogP contribution >= 0.6 is 0 Å². The maximum atomic E-state index is 12.2. The molecule has 0 aliphatic rings. The Kier molecular flexibility index (Phi) is 3.99. The molecular formula is C13H12F3N3. The lowest BCUT2D eigenvalue weighted by atomic mass is 10.1. The average Bonchev–Trinajstić information content (AvgIpc) is 2.37. The fourth-order valence-corrected chi connectivity index (χ4v) is 1.58. The molecule has 0 aliphatic heterocycles. The van der Waals surface area contributed by atoms with Crippen molar-refractivity contribution in [3.8, 4) is 0 Å². The molecule has 0 bridgehead atoms. The summed E-state index contributed by atoms with van der Waals surface area (Å²) in [6, 6.07) is 8.00. The number of hydrogen-bond donors (Lipinski definition) is 1. The first-order chi connectivity index (χ1) is 9.03. The van der Waals surface area contributed by atoms with Crippen molar-refractivity contribution in [3.05, 3.63) is 53.9 Å². The minimum atomic E-state index is -4.17. The molecule has 19 heavy (non-hydrogen) atoms. The summed E-state index contributed by atoms with van der Waals surface area (Å²) in [4.78, 5) is 7.98. The van der Waals surface area contributed by atoms with Crippen LogP contribution in [0.5, 0.6) is 0 Å². The molecule has 2 aromatic rings. The molecule has 1 heterocycles. The van der Waals surface area contributed by atoms with Crippen molar-refractivity contribution in [2.24, 2.45) is 0 Å². The van der Waals surface area contributed by atoms with Crippen LogP contribution in [0.4, 0.5) is 19.1 Å². The standard InChI is InChI=1S/C13H12F3N3/c14-13(15,16)8-10-2-4-11(5-3-10)9-19-12-17-6-1-7-18-12/h1-7H,8-9H2,(H,17,18,19). The van der Waals surface area contributed by atoms with Gasteiger partial charge in [0, 0.05) is 18.9 Å². The van der Waals surface area contributed by atoms with Gasteiger partial charge in [-0.15, -0.1) is 0 Å². The number of benzene rings is 1. The predicted octanol–water partition coefficient (Wildman–Crippen LogP) is 3.19. The van der Waals surface area contributed by atoms with Gasteiger partial charge in [-0.3, -0.25) is 0 Å². The van der Waals surface area contributed by atoms with E-state index in [-0.39, 0.29) is 5.56 Å². The van der Waals surface area contributed by atoms with E-state index in [0.717, 1.165) is 5.56 Å². The summed E-state index contributed by atoms with van der Waals surface area (Å²) in [5, 5.41) is 2.98. The van der Waals surface area contributed by atoms with Crippen molar-refractivity contribution in [3.63, 3.8) is 0 Å². The number of rotatable bonds is 4. The minimum Gasteiger partial charge on any atom is -0.350 e. The van der Waals surface area contributed by atoms with Crippen molar-refractivity contribution < 1.29 is 13.2 Å². The summed E-state index contributed by atoms with van der Waals surface area (Å²) in [7, 11) is 0. The van der Waals surface area contributed by atoms with Gasteiger partial charge in [0.05, 0.1) is 6.42 Å². The zero-order valence-electron chi connectivity index (χ0n) is 9.98. The topological polar surface area (TPSA) is 37.8 Å².